The number of aryl methyl sites for hydroxylation is 1. The van der Waals surface area contributed by atoms with Gasteiger partial charge in [0.1, 0.15) is 5.04 Å². The molecule has 6 nitrogen and oxygen atoms in total. The van der Waals surface area contributed by atoms with E-state index in [1.165, 1.54) is 11.8 Å². The summed E-state index contributed by atoms with van der Waals surface area (Å²) in [6, 6.07) is 25.1. The molecule has 8 heteroatoms. The van der Waals surface area contributed by atoms with E-state index in [9.17, 15) is 9.90 Å². The van der Waals surface area contributed by atoms with Crippen LogP contribution in [0.25, 0.3) is 33.3 Å². The van der Waals surface area contributed by atoms with Gasteiger partial charge in [-0.1, -0.05) is 29.8 Å². The van der Waals surface area contributed by atoms with Gasteiger partial charge in [-0.05, 0) is 90.0 Å². The van der Waals surface area contributed by atoms with E-state index in [1.807, 2.05) is 73.8 Å². The highest BCUT2D eigenvalue weighted by molar-refractivity contribution is 8.13. The molecule has 0 aliphatic rings. The highest BCUT2D eigenvalue weighted by Gasteiger charge is 2.15. The molecule has 5 rings (SSSR count). The van der Waals surface area contributed by atoms with Gasteiger partial charge in [-0.3, -0.25) is 9.78 Å². The van der Waals surface area contributed by atoms with Crippen LogP contribution in [-0.2, 0) is 11.2 Å². The van der Waals surface area contributed by atoms with Crippen molar-refractivity contribution < 1.29 is 14.6 Å². The van der Waals surface area contributed by atoms with Crippen molar-refractivity contribution >= 4 is 51.0 Å². The first-order valence-corrected chi connectivity index (χ1v) is 14.1. The molecule has 40 heavy (non-hydrogen) atoms. The molecular formula is C32H26ClN3O3S. The average molecular weight is 568 g/mol. The lowest BCUT2D eigenvalue weighted by Crippen LogP contribution is -2.04. The van der Waals surface area contributed by atoms with E-state index in [2.05, 4.69) is 16.0 Å². The van der Waals surface area contributed by atoms with Gasteiger partial charge in [-0.15, -0.1) is 11.8 Å². The summed E-state index contributed by atoms with van der Waals surface area (Å²) in [5, 5.41) is 12.0. The SMILES string of the molecule is COc1ccc2cc(-c3cc(/C(=N/c4cc(C)c(CC(=O)O)c(-c5ccc(Cl)cc5)c4)SC)ccn3)ccc2n1. The fourth-order valence-corrected chi connectivity index (χ4v) is 5.27. The first-order chi connectivity index (χ1) is 19.3. The zero-order valence-corrected chi connectivity index (χ0v) is 23.8. The number of nitrogens with zero attached hydrogens (tertiary/aromatic N) is 3. The quantitative estimate of drug-likeness (QED) is 0.158. The molecular weight excluding hydrogens is 542 g/mol. The zero-order chi connectivity index (χ0) is 28.2. The Morgan fingerprint density at radius 1 is 1.00 bits per heavy atom. The number of carboxylic acid groups (broad SMARTS) is 1. The van der Waals surface area contributed by atoms with Crippen LogP contribution in [0.2, 0.25) is 5.02 Å². The number of carboxylic acids is 1. The average Bonchev–Trinajstić information content (AvgIpc) is 2.97. The number of aliphatic imine (C=N–C) groups is 1. The lowest BCUT2D eigenvalue weighted by molar-refractivity contribution is -0.136. The predicted molar refractivity (Wildman–Crippen MR) is 164 cm³/mol. The van der Waals surface area contributed by atoms with Crippen LogP contribution >= 0.6 is 23.4 Å². The summed E-state index contributed by atoms with van der Waals surface area (Å²) in [5.74, 6) is -0.307. The third kappa shape index (κ3) is 6.01. The van der Waals surface area contributed by atoms with Crippen molar-refractivity contribution in [2.24, 2.45) is 4.99 Å². The number of pyridine rings is 2. The number of fused-ring (bicyclic) bond motifs is 1. The number of ether oxygens (including phenoxy) is 1. The number of hydrogen-bond donors (Lipinski definition) is 1. The summed E-state index contributed by atoms with van der Waals surface area (Å²) in [6.07, 6.45) is 3.69. The molecule has 2 heterocycles. The van der Waals surface area contributed by atoms with Crippen molar-refractivity contribution in [2.45, 2.75) is 13.3 Å². The maximum absolute atomic E-state index is 11.6. The minimum absolute atomic E-state index is 0.0784. The number of benzene rings is 3. The first-order valence-electron chi connectivity index (χ1n) is 12.5. The van der Waals surface area contributed by atoms with Crippen LogP contribution in [0.1, 0.15) is 16.7 Å². The largest absolute Gasteiger partial charge is 0.481 e. The van der Waals surface area contributed by atoms with E-state index in [0.29, 0.717) is 10.9 Å². The van der Waals surface area contributed by atoms with E-state index in [4.69, 9.17) is 21.3 Å². The van der Waals surface area contributed by atoms with Crippen LogP contribution in [-0.4, -0.2) is 39.5 Å². The Morgan fingerprint density at radius 3 is 2.50 bits per heavy atom. The number of thioether (sulfide) groups is 1. The standard InChI is InChI=1S/C32H26ClN3O3S/c1-19-14-25(17-27(26(19)18-31(37)38)20-4-8-24(33)9-5-20)35-32(40-3)23-12-13-34-29(16-23)22-6-10-28-21(15-22)7-11-30(36-28)39-2/h4-17H,18H2,1-3H3,(H,37,38)/b35-32-. The minimum atomic E-state index is -0.882. The predicted octanol–water partition coefficient (Wildman–Crippen LogP) is 8.00. The fourth-order valence-electron chi connectivity index (χ4n) is 4.58. The monoisotopic (exact) mass is 567 g/mol. The third-order valence-corrected chi connectivity index (χ3v) is 7.51. The van der Waals surface area contributed by atoms with Crippen molar-refractivity contribution in [2.75, 3.05) is 13.4 Å². The second kappa shape index (κ2) is 11.9. The molecule has 0 radical (unpaired) electrons. The van der Waals surface area contributed by atoms with Crippen LogP contribution in [0.3, 0.4) is 0 Å². The van der Waals surface area contributed by atoms with Crippen LogP contribution in [0.5, 0.6) is 5.88 Å². The molecule has 0 atom stereocenters. The lowest BCUT2D eigenvalue weighted by atomic mass is 9.93. The van der Waals surface area contributed by atoms with Gasteiger partial charge in [0.05, 0.1) is 30.4 Å². The van der Waals surface area contributed by atoms with Crippen LogP contribution < -0.4 is 4.74 Å². The van der Waals surface area contributed by atoms with Crippen molar-refractivity contribution in [3.8, 4) is 28.3 Å². The Kier molecular flexibility index (Phi) is 8.14. The van der Waals surface area contributed by atoms with Gasteiger partial charge in [0.25, 0.3) is 0 Å². The summed E-state index contributed by atoms with van der Waals surface area (Å²) < 4.78 is 5.24. The van der Waals surface area contributed by atoms with E-state index in [0.717, 1.165) is 60.7 Å². The molecule has 0 amide bonds. The highest BCUT2D eigenvalue weighted by Crippen LogP contribution is 2.34. The normalized spacial score (nSPS) is 11.6. The van der Waals surface area contributed by atoms with Crippen molar-refractivity contribution in [3.05, 3.63) is 107 Å². The molecule has 200 valence electrons. The Morgan fingerprint density at radius 2 is 1.77 bits per heavy atom. The summed E-state index contributed by atoms with van der Waals surface area (Å²) in [6.45, 7) is 1.92. The topological polar surface area (TPSA) is 84.7 Å². The number of methoxy groups -OCH3 is 1. The number of hydrogen-bond acceptors (Lipinski definition) is 6. The van der Waals surface area contributed by atoms with Gasteiger partial charge in [-0.2, -0.15) is 0 Å². The summed E-state index contributed by atoms with van der Waals surface area (Å²) in [4.78, 5) is 25.7. The van der Waals surface area contributed by atoms with E-state index < -0.39 is 5.97 Å². The van der Waals surface area contributed by atoms with Crippen LogP contribution in [0, 0.1) is 6.92 Å². The number of carbonyl (C=O) groups is 1. The summed E-state index contributed by atoms with van der Waals surface area (Å²) in [5.41, 5.74) is 7.67. The molecule has 0 aliphatic heterocycles. The zero-order valence-electron chi connectivity index (χ0n) is 22.2. The first kappa shape index (κ1) is 27.4. The fraction of sp³-hybridized carbons (Fsp3) is 0.125. The molecule has 0 saturated carbocycles. The summed E-state index contributed by atoms with van der Waals surface area (Å²) in [7, 11) is 1.60. The second-order valence-corrected chi connectivity index (χ2v) is 10.4. The van der Waals surface area contributed by atoms with Gasteiger partial charge in [0.2, 0.25) is 5.88 Å². The maximum Gasteiger partial charge on any atom is 0.307 e. The maximum atomic E-state index is 11.6. The number of aliphatic carboxylic acids is 1. The molecule has 0 spiro atoms. The van der Waals surface area contributed by atoms with Crippen LogP contribution in [0.15, 0.2) is 90.1 Å². The van der Waals surface area contributed by atoms with Crippen LogP contribution in [0.4, 0.5) is 5.69 Å². The van der Waals surface area contributed by atoms with E-state index in [-0.39, 0.29) is 6.42 Å². The lowest BCUT2D eigenvalue weighted by Gasteiger charge is -2.14. The molecule has 3 aromatic carbocycles. The van der Waals surface area contributed by atoms with Gasteiger partial charge >= 0.3 is 5.97 Å². The van der Waals surface area contributed by atoms with Gasteiger partial charge in [0, 0.05) is 33.8 Å². The third-order valence-electron chi connectivity index (χ3n) is 6.54. The molecule has 5 aromatic rings. The van der Waals surface area contributed by atoms with Gasteiger partial charge in [-0.25, -0.2) is 9.98 Å². The smallest absolute Gasteiger partial charge is 0.307 e. The molecule has 0 bridgehead atoms. The van der Waals surface area contributed by atoms with Crippen molar-refractivity contribution in [1.82, 2.24) is 9.97 Å². The van der Waals surface area contributed by atoms with Crippen molar-refractivity contribution in [3.63, 3.8) is 0 Å². The van der Waals surface area contributed by atoms with Crippen molar-refractivity contribution in [1.29, 1.82) is 0 Å². The highest BCUT2D eigenvalue weighted by atomic mass is 35.5. The van der Waals surface area contributed by atoms with Gasteiger partial charge in [0.15, 0.2) is 0 Å². The molecule has 2 aromatic heterocycles. The van der Waals surface area contributed by atoms with Gasteiger partial charge < -0.3 is 9.84 Å². The number of rotatable bonds is 7. The van der Waals surface area contributed by atoms with E-state index >= 15 is 0 Å². The summed E-state index contributed by atoms with van der Waals surface area (Å²) >= 11 is 7.65. The number of aromatic nitrogens is 2. The Bertz CT molecular complexity index is 1750. The molecule has 0 fully saturated rings. The Hall–Kier alpha value is -4.20. The minimum Gasteiger partial charge on any atom is -0.481 e. The molecule has 0 saturated heterocycles. The molecule has 0 aliphatic carbocycles. The number of halogens is 1. The Balaban J connectivity index is 1.54. The molecule has 1 N–H and O–H groups in total. The Labute approximate surface area is 241 Å². The second-order valence-electron chi connectivity index (χ2n) is 9.18. The molecule has 0 unspecified atom stereocenters. The van der Waals surface area contributed by atoms with E-state index in [1.54, 1.807) is 25.4 Å².